The van der Waals surface area contributed by atoms with Gasteiger partial charge in [0, 0.05) is 12.1 Å². The van der Waals surface area contributed by atoms with Gasteiger partial charge >= 0.3 is 6.03 Å². The van der Waals surface area contributed by atoms with Gasteiger partial charge in [0.2, 0.25) is 5.54 Å². The monoisotopic (exact) mass is 365 g/mol. The minimum Gasteiger partial charge on any atom is -0.311 e. The Labute approximate surface area is 154 Å². The van der Waals surface area contributed by atoms with E-state index >= 15 is 0 Å². The highest BCUT2D eigenvalue weighted by atomic mass is 19.1. The van der Waals surface area contributed by atoms with E-state index in [-0.39, 0.29) is 18.9 Å². The Morgan fingerprint density at radius 2 is 1.67 bits per heavy atom. The molecule has 2 aromatic rings. The second-order valence-corrected chi connectivity index (χ2v) is 6.42. The molecule has 2 heterocycles. The highest BCUT2D eigenvalue weighted by Gasteiger charge is 2.63. The molecule has 136 valence electrons. The Morgan fingerprint density at radius 1 is 1.00 bits per heavy atom. The van der Waals surface area contributed by atoms with Crippen molar-refractivity contribution in [2.75, 3.05) is 11.4 Å². The van der Waals surface area contributed by atoms with Gasteiger partial charge in [-0.05, 0) is 23.8 Å². The van der Waals surface area contributed by atoms with Gasteiger partial charge in [0.1, 0.15) is 5.82 Å². The van der Waals surface area contributed by atoms with Gasteiger partial charge in [-0.15, -0.1) is 6.58 Å². The lowest BCUT2D eigenvalue weighted by Gasteiger charge is -2.22. The number of benzene rings is 2. The van der Waals surface area contributed by atoms with Gasteiger partial charge in [0.15, 0.2) is 0 Å². The van der Waals surface area contributed by atoms with Crippen molar-refractivity contribution in [2.45, 2.75) is 12.1 Å². The number of hydrogen-bond acceptors (Lipinski definition) is 3. The molecular formula is C20H16FN3O3. The number of nitrogens with zero attached hydrogens (tertiary/aromatic N) is 2. The summed E-state index contributed by atoms with van der Waals surface area (Å²) in [6.45, 7) is 3.72. The summed E-state index contributed by atoms with van der Waals surface area (Å²) >= 11 is 0. The molecule has 4 amide bonds. The topological polar surface area (TPSA) is 69.7 Å². The number of rotatable bonds is 4. The van der Waals surface area contributed by atoms with E-state index < -0.39 is 23.4 Å². The van der Waals surface area contributed by atoms with Gasteiger partial charge in [-0.3, -0.25) is 14.5 Å². The van der Waals surface area contributed by atoms with E-state index in [1.165, 1.54) is 23.1 Å². The summed E-state index contributed by atoms with van der Waals surface area (Å²) in [5.41, 5.74) is -0.0873. The fourth-order valence-electron chi connectivity index (χ4n) is 3.58. The smallest absolute Gasteiger partial charge is 0.311 e. The summed E-state index contributed by atoms with van der Waals surface area (Å²) < 4.78 is 13.2. The standard InChI is InChI=1S/C20H16FN3O3/c1-2-11-23-17(25)20(22-19(23)27)15-5-3-4-6-16(15)24(18(20)26)12-13-7-9-14(21)10-8-13/h2-10H,1,11-12H2,(H,22,27). The van der Waals surface area contributed by atoms with Gasteiger partial charge in [0.05, 0.1) is 12.2 Å². The summed E-state index contributed by atoms with van der Waals surface area (Å²) in [5, 5.41) is 2.58. The molecule has 0 aromatic heterocycles. The average molecular weight is 365 g/mol. The highest BCUT2D eigenvalue weighted by molar-refractivity contribution is 6.27. The number of amides is 4. The molecule has 1 N–H and O–H groups in total. The first-order valence-corrected chi connectivity index (χ1v) is 8.40. The number of para-hydroxylation sites is 1. The lowest BCUT2D eigenvalue weighted by molar-refractivity contribution is -0.138. The molecule has 1 fully saturated rings. The van der Waals surface area contributed by atoms with E-state index in [0.717, 1.165) is 4.90 Å². The van der Waals surface area contributed by atoms with Crippen LogP contribution < -0.4 is 10.2 Å². The second kappa shape index (κ2) is 6.05. The summed E-state index contributed by atoms with van der Waals surface area (Å²) in [6, 6.07) is 12.0. The maximum absolute atomic E-state index is 13.3. The predicted octanol–water partition coefficient (Wildman–Crippen LogP) is 2.31. The van der Waals surface area contributed by atoms with E-state index in [2.05, 4.69) is 11.9 Å². The molecule has 6 nitrogen and oxygen atoms in total. The van der Waals surface area contributed by atoms with Crippen molar-refractivity contribution < 1.29 is 18.8 Å². The number of carbonyl (C=O) groups is 3. The number of anilines is 1. The number of carbonyl (C=O) groups excluding carboxylic acids is 3. The van der Waals surface area contributed by atoms with Crippen LogP contribution in [-0.2, 0) is 21.7 Å². The van der Waals surface area contributed by atoms with Crippen LogP contribution in [0, 0.1) is 5.82 Å². The number of urea groups is 1. The van der Waals surface area contributed by atoms with Crippen molar-refractivity contribution >= 4 is 23.5 Å². The molecule has 1 saturated heterocycles. The molecule has 2 aliphatic heterocycles. The van der Waals surface area contributed by atoms with E-state index in [0.29, 0.717) is 16.8 Å². The Balaban J connectivity index is 1.78. The van der Waals surface area contributed by atoms with Gasteiger partial charge in [-0.1, -0.05) is 36.4 Å². The van der Waals surface area contributed by atoms with Crippen molar-refractivity contribution in [1.29, 1.82) is 0 Å². The molecule has 1 atom stereocenters. The van der Waals surface area contributed by atoms with E-state index in [4.69, 9.17) is 0 Å². The highest BCUT2D eigenvalue weighted by Crippen LogP contribution is 2.44. The maximum Gasteiger partial charge on any atom is 0.326 e. The van der Waals surface area contributed by atoms with Crippen molar-refractivity contribution in [3.63, 3.8) is 0 Å². The third-order valence-electron chi connectivity index (χ3n) is 4.84. The number of halogens is 1. The molecule has 0 bridgehead atoms. The van der Waals surface area contributed by atoms with Crippen LogP contribution in [0.2, 0.25) is 0 Å². The predicted molar refractivity (Wildman–Crippen MR) is 96.2 cm³/mol. The maximum atomic E-state index is 13.3. The Hall–Kier alpha value is -3.48. The molecule has 2 aromatic carbocycles. The SMILES string of the molecule is C=CCN1C(=O)NC2(C1=O)C(=O)N(Cc1ccc(F)cc1)c1ccccc12. The van der Waals surface area contributed by atoms with Crippen LogP contribution in [0.25, 0.3) is 0 Å². The third kappa shape index (κ3) is 2.35. The molecule has 1 spiro atoms. The first kappa shape index (κ1) is 17.0. The molecule has 2 aliphatic rings. The van der Waals surface area contributed by atoms with Gasteiger partial charge < -0.3 is 10.2 Å². The largest absolute Gasteiger partial charge is 0.326 e. The normalized spacial score (nSPS) is 21.0. The summed E-state index contributed by atoms with van der Waals surface area (Å²) in [5.74, 6) is -1.52. The molecular weight excluding hydrogens is 349 g/mol. The van der Waals surface area contributed by atoms with Crippen LogP contribution in [0.4, 0.5) is 14.9 Å². The minimum atomic E-state index is -1.77. The third-order valence-corrected chi connectivity index (χ3v) is 4.84. The fraction of sp³-hybridized carbons (Fsp3) is 0.150. The second-order valence-electron chi connectivity index (χ2n) is 6.42. The molecule has 0 aliphatic carbocycles. The lowest BCUT2D eigenvalue weighted by atomic mass is 9.91. The van der Waals surface area contributed by atoms with Crippen molar-refractivity contribution in [1.82, 2.24) is 10.2 Å². The Bertz CT molecular complexity index is 973. The van der Waals surface area contributed by atoms with Crippen LogP contribution in [-0.4, -0.2) is 29.3 Å². The van der Waals surface area contributed by atoms with Crippen LogP contribution in [0.5, 0.6) is 0 Å². The molecule has 27 heavy (non-hydrogen) atoms. The fourth-order valence-corrected chi connectivity index (χ4v) is 3.58. The zero-order valence-electron chi connectivity index (χ0n) is 14.3. The number of hydrogen-bond donors (Lipinski definition) is 1. The van der Waals surface area contributed by atoms with Crippen LogP contribution >= 0.6 is 0 Å². The number of nitrogens with one attached hydrogen (secondary N) is 1. The van der Waals surface area contributed by atoms with Crippen LogP contribution in [0.3, 0.4) is 0 Å². The lowest BCUT2D eigenvalue weighted by Crippen LogP contribution is -2.52. The summed E-state index contributed by atoms with van der Waals surface area (Å²) in [6.07, 6.45) is 1.43. The molecule has 0 saturated carbocycles. The van der Waals surface area contributed by atoms with Crippen molar-refractivity contribution in [3.05, 3.63) is 78.1 Å². The summed E-state index contributed by atoms with van der Waals surface area (Å²) in [7, 11) is 0. The quantitative estimate of drug-likeness (QED) is 0.514. The molecule has 7 heteroatoms. The van der Waals surface area contributed by atoms with E-state index in [9.17, 15) is 18.8 Å². The number of fused-ring (bicyclic) bond motifs is 2. The zero-order chi connectivity index (χ0) is 19.2. The van der Waals surface area contributed by atoms with Crippen molar-refractivity contribution in [3.8, 4) is 0 Å². The van der Waals surface area contributed by atoms with Crippen LogP contribution in [0.15, 0.2) is 61.2 Å². The van der Waals surface area contributed by atoms with Gasteiger partial charge in [0.25, 0.3) is 11.8 Å². The van der Waals surface area contributed by atoms with Gasteiger partial charge in [-0.2, -0.15) is 0 Å². The first-order valence-electron chi connectivity index (χ1n) is 8.40. The van der Waals surface area contributed by atoms with E-state index in [1.54, 1.807) is 36.4 Å². The summed E-state index contributed by atoms with van der Waals surface area (Å²) in [4.78, 5) is 41.1. The van der Waals surface area contributed by atoms with Gasteiger partial charge in [-0.25, -0.2) is 9.18 Å². The minimum absolute atomic E-state index is 0.0137. The molecule has 1 unspecified atom stereocenters. The van der Waals surface area contributed by atoms with Crippen LogP contribution in [0.1, 0.15) is 11.1 Å². The number of imide groups is 1. The molecule has 4 rings (SSSR count). The van der Waals surface area contributed by atoms with Crippen molar-refractivity contribution in [2.24, 2.45) is 0 Å². The zero-order valence-corrected chi connectivity index (χ0v) is 14.3. The Kier molecular flexibility index (Phi) is 3.80. The van der Waals surface area contributed by atoms with E-state index in [1.807, 2.05) is 0 Å². The molecule has 0 radical (unpaired) electrons. The first-order chi connectivity index (χ1) is 13.0. The Morgan fingerprint density at radius 3 is 2.37 bits per heavy atom. The average Bonchev–Trinajstić information content (AvgIpc) is 3.05.